The van der Waals surface area contributed by atoms with E-state index in [0.29, 0.717) is 33.6 Å². The third-order valence-corrected chi connectivity index (χ3v) is 7.59. The number of aryl methyl sites for hydroxylation is 1. The monoisotopic (exact) mass is 921 g/mol. The SMILES string of the molecule is C.C.C.CCc1coc(-c2cc(Br)ccc2O)n1.NC(=O)c1cc(Cl)ccc1O.O=C(CCl)CCl.Oc1ccc(Br)cc1-c1nc(CCl)co1.[CH3-].[Li+]. The molecular formula is C35H42Br2Cl4LiN3O7. The molecule has 0 unspecified atom stereocenters. The maximum absolute atomic E-state index is 10.6. The first-order chi connectivity index (χ1) is 22.3. The van der Waals surface area contributed by atoms with E-state index in [4.69, 9.17) is 66.1 Å². The van der Waals surface area contributed by atoms with E-state index in [1.807, 2.05) is 6.92 Å². The number of halogens is 6. The Labute approximate surface area is 354 Å². The summed E-state index contributed by atoms with van der Waals surface area (Å²) in [4.78, 5) is 28.9. The van der Waals surface area contributed by atoms with Gasteiger partial charge in [0.1, 0.15) is 29.8 Å². The normalized spacial score (nSPS) is 9.06. The van der Waals surface area contributed by atoms with Gasteiger partial charge in [-0.1, -0.05) is 72.7 Å². The van der Waals surface area contributed by atoms with E-state index in [0.717, 1.165) is 21.1 Å². The summed E-state index contributed by atoms with van der Waals surface area (Å²) in [5.41, 5.74) is 7.63. The van der Waals surface area contributed by atoms with Gasteiger partial charge < -0.3 is 37.3 Å². The van der Waals surface area contributed by atoms with Gasteiger partial charge in [0.2, 0.25) is 11.8 Å². The molecule has 52 heavy (non-hydrogen) atoms. The number of hydrogen-bond donors (Lipinski definition) is 4. The zero-order chi connectivity index (χ0) is 35.1. The Bertz CT molecular complexity index is 1700. The maximum atomic E-state index is 10.6. The summed E-state index contributed by atoms with van der Waals surface area (Å²) in [5, 5.41) is 28.7. The Hall–Kier alpha value is -2.66. The molecule has 0 bridgehead atoms. The van der Waals surface area contributed by atoms with E-state index >= 15 is 0 Å². The van der Waals surface area contributed by atoms with Gasteiger partial charge in [-0.15, -0.1) is 34.8 Å². The maximum Gasteiger partial charge on any atom is 1.00 e. The second-order valence-electron chi connectivity index (χ2n) is 8.93. The van der Waals surface area contributed by atoms with Crippen molar-refractivity contribution >= 4 is 90.0 Å². The van der Waals surface area contributed by atoms with E-state index in [2.05, 4.69) is 41.8 Å². The molecule has 0 fully saturated rings. The van der Waals surface area contributed by atoms with E-state index < -0.39 is 5.91 Å². The van der Waals surface area contributed by atoms with E-state index in [-0.39, 0.29) is 94.8 Å². The summed E-state index contributed by atoms with van der Waals surface area (Å²) in [6.07, 6.45) is 3.90. The van der Waals surface area contributed by atoms with Crippen molar-refractivity contribution < 1.29 is 52.6 Å². The van der Waals surface area contributed by atoms with Crippen LogP contribution in [0.3, 0.4) is 0 Å². The second kappa shape index (κ2) is 28.8. The van der Waals surface area contributed by atoms with Crippen molar-refractivity contribution in [3.8, 4) is 40.2 Å². The van der Waals surface area contributed by atoms with Crippen molar-refractivity contribution in [2.24, 2.45) is 5.73 Å². The first-order valence-corrected chi connectivity index (χ1v) is 16.7. The zero-order valence-electron chi connectivity index (χ0n) is 26.4. The molecule has 5 N–H and O–H groups in total. The number of oxazole rings is 2. The predicted octanol–water partition coefficient (Wildman–Crippen LogP) is 8.46. The topological polar surface area (TPSA) is 173 Å². The van der Waals surface area contributed by atoms with Crippen LogP contribution >= 0.6 is 78.3 Å². The number of nitrogens with zero attached hydrogens (tertiary/aromatic N) is 2. The summed E-state index contributed by atoms with van der Waals surface area (Å²) in [6.45, 7) is 2.00. The number of carbonyl (C=O) groups excluding carboxylic acids is 2. The van der Waals surface area contributed by atoms with Crippen LogP contribution in [0.2, 0.25) is 5.02 Å². The van der Waals surface area contributed by atoms with Crippen LogP contribution in [-0.4, -0.2) is 48.7 Å². The van der Waals surface area contributed by atoms with Crippen LogP contribution in [0.25, 0.3) is 22.9 Å². The van der Waals surface area contributed by atoms with Crippen molar-refractivity contribution in [3.05, 3.63) is 105 Å². The van der Waals surface area contributed by atoms with Gasteiger partial charge >= 0.3 is 18.9 Å². The molecule has 0 atom stereocenters. The molecule has 3 aromatic carbocycles. The van der Waals surface area contributed by atoms with Gasteiger partial charge in [-0.05, 0) is 61.0 Å². The minimum absolute atomic E-state index is 0. The number of benzene rings is 3. The quantitative estimate of drug-likeness (QED) is 0.0710. The molecule has 0 aliphatic rings. The van der Waals surface area contributed by atoms with Crippen LogP contribution in [0.5, 0.6) is 17.2 Å². The van der Waals surface area contributed by atoms with Crippen LogP contribution in [0, 0.1) is 7.43 Å². The van der Waals surface area contributed by atoms with E-state index in [9.17, 15) is 19.8 Å². The number of hydrogen-bond acceptors (Lipinski definition) is 9. The molecule has 5 aromatic rings. The van der Waals surface area contributed by atoms with Gasteiger partial charge in [0, 0.05) is 14.0 Å². The summed E-state index contributed by atoms with van der Waals surface area (Å²) in [7, 11) is 0. The van der Waals surface area contributed by atoms with Crippen molar-refractivity contribution in [2.45, 2.75) is 41.5 Å². The molecular weight excluding hydrogens is 883 g/mol. The van der Waals surface area contributed by atoms with E-state index in [1.165, 1.54) is 24.5 Å². The van der Waals surface area contributed by atoms with Crippen molar-refractivity contribution in [1.29, 1.82) is 0 Å². The number of Topliss-reactive ketones (excluding diaryl/α,β-unsaturated/α-hetero) is 1. The fraction of sp³-hybridized carbons (Fsp3) is 0.229. The number of primary amides is 1. The summed E-state index contributed by atoms with van der Waals surface area (Å²) in [5.74, 6) is 0.495. The Morgan fingerprint density at radius 3 is 1.50 bits per heavy atom. The molecule has 2 aromatic heterocycles. The van der Waals surface area contributed by atoms with Gasteiger partial charge in [-0.2, -0.15) is 0 Å². The molecule has 282 valence electrons. The number of aromatic hydroxyl groups is 3. The Balaban J connectivity index is -0.000000298. The number of amides is 1. The first-order valence-electron chi connectivity index (χ1n) is 13.2. The largest absolute Gasteiger partial charge is 1.00 e. The summed E-state index contributed by atoms with van der Waals surface area (Å²) < 4.78 is 12.2. The number of nitrogens with two attached hydrogens (primary N) is 1. The second-order valence-corrected chi connectivity index (χ2v) is 12.0. The predicted molar refractivity (Wildman–Crippen MR) is 216 cm³/mol. The number of phenols is 3. The molecule has 0 spiro atoms. The molecule has 5 rings (SSSR count). The summed E-state index contributed by atoms with van der Waals surface area (Å²) >= 11 is 27.8. The molecule has 0 aliphatic carbocycles. The fourth-order valence-electron chi connectivity index (χ4n) is 3.19. The number of aromatic nitrogens is 2. The molecule has 0 saturated heterocycles. The van der Waals surface area contributed by atoms with Crippen molar-refractivity contribution in [1.82, 2.24) is 9.97 Å². The fourth-order valence-corrected chi connectivity index (χ4v) is 4.49. The molecule has 17 heteroatoms. The Kier molecular flexibility index (Phi) is 31.1. The van der Waals surface area contributed by atoms with Crippen molar-refractivity contribution in [3.63, 3.8) is 0 Å². The first kappa shape index (κ1) is 56.1. The molecule has 0 radical (unpaired) electrons. The van der Waals surface area contributed by atoms with Crippen LogP contribution in [0.4, 0.5) is 0 Å². The number of phenolic OH excluding ortho intramolecular Hbond substituents is 2. The average molecular weight is 925 g/mol. The van der Waals surface area contributed by atoms with E-state index in [1.54, 1.807) is 42.7 Å². The summed E-state index contributed by atoms with van der Waals surface area (Å²) in [6, 6.07) is 14.3. The number of carbonyl (C=O) groups is 2. The average Bonchev–Trinajstić information content (AvgIpc) is 3.75. The Morgan fingerprint density at radius 2 is 1.17 bits per heavy atom. The van der Waals surface area contributed by atoms with Gasteiger partial charge in [-0.25, -0.2) is 9.97 Å². The minimum Gasteiger partial charge on any atom is -0.507 e. The number of alkyl halides is 3. The zero-order valence-corrected chi connectivity index (χ0v) is 32.6. The van der Waals surface area contributed by atoms with Gasteiger partial charge in [0.05, 0.1) is 45.7 Å². The van der Waals surface area contributed by atoms with Crippen LogP contribution < -0.4 is 24.6 Å². The van der Waals surface area contributed by atoms with Crippen LogP contribution in [0.1, 0.15) is 50.9 Å². The minimum atomic E-state index is -0.690. The molecule has 2 heterocycles. The molecule has 10 nitrogen and oxygen atoms in total. The molecule has 1 amide bonds. The molecule has 0 saturated carbocycles. The third-order valence-electron chi connectivity index (χ3n) is 5.50. The van der Waals surface area contributed by atoms with Gasteiger partial charge in [0.25, 0.3) is 5.91 Å². The van der Waals surface area contributed by atoms with Crippen molar-refractivity contribution in [2.75, 3.05) is 11.8 Å². The third kappa shape index (κ3) is 18.4. The van der Waals surface area contributed by atoms with Crippen LogP contribution in [0.15, 0.2) is 84.9 Å². The van der Waals surface area contributed by atoms with Gasteiger partial charge in [0.15, 0.2) is 5.78 Å². The number of ketones is 1. The van der Waals surface area contributed by atoms with Gasteiger partial charge in [-0.3, -0.25) is 9.59 Å². The van der Waals surface area contributed by atoms with Crippen LogP contribution in [-0.2, 0) is 17.1 Å². The molecule has 0 aliphatic heterocycles. The smallest absolute Gasteiger partial charge is 0.507 e. The Morgan fingerprint density at radius 1 is 0.750 bits per heavy atom. The standard InChI is InChI=1S/C11H10BrNO2.C10H7BrClNO2.C7H6ClNO2.C3H4Cl2O.3CH4.CH3.Li/c1-2-8-6-15-11(13-8)9-5-7(12)3-4-10(9)14;11-6-1-2-9(14)8(3-6)10-13-7(4-12)5-15-10;8-4-1-2-6(10)5(3-4)7(9)11;4-1-3(6)2-5;;;;;/h3-6,14H,2H2,1H3;1-3,5,14H,4H2;1-3,10H,(H2,9,11);1-2H2;3*1H4;1H3;/q;;;;;;;-1;+1. The number of rotatable bonds is 7.